The molecule has 5 aliphatic rings. The van der Waals surface area contributed by atoms with E-state index in [1.807, 2.05) is 6.08 Å². The van der Waals surface area contributed by atoms with E-state index >= 15 is 0 Å². The highest BCUT2D eigenvalue weighted by Gasteiger charge is 2.68. The zero-order valence-corrected chi connectivity index (χ0v) is 18.2. The topological polar surface area (TPSA) is 69.7 Å². The van der Waals surface area contributed by atoms with E-state index in [1.165, 1.54) is 5.57 Å². The Labute approximate surface area is 178 Å². The van der Waals surface area contributed by atoms with Gasteiger partial charge in [-0.1, -0.05) is 26.0 Å². The minimum atomic E-state index is -0.781. The van der Waals surface area contributed by atoms with Gasteiger partial charge in [-0.2, -0.15) is 0 Å². The zero-order valence-electron chi connectivity index (χ0n) is 18.2. The van der Waals surface area contributed by atoms with E-state index < -0.39 is 23.5 Å². The number of hydrogen-bond acceptors (Lipinski definition) is 5. The maximum Gasteiger partial charge on any atom is 0.321 e. The van der Waals surface area contributed by atoms with Gasteiger partial charge in [0.05, 0.1) is 6.61 Å². The molecule has 7 atom stereocenters. The fraction of sp³-hybridized carbons (Fsp3) is 0.720. The second-order valence-electron chi connectivity index (χ2n) is 10.6. The molecule has 3 fully saturated rings. The summed E-state index contributed by atoms with van der Waals surface area (Å²) in [6.07, 6.45) is 12.3. The number of fused-ring (bicyclic) bond motifs is 6. The number of rotatable bonds is 2. The second-order valence-corrected chi connectivity index (χ2v) is 10.6. The predicted molar refractivity (Wildman–Crippen MR) is 110 cm³/mol. The molecule has 1 saturated heterocycles. The Morgan fingerprint density at radius 1 is 1.17 bits per heavy atom. The zero-order chi connectivity index (χ0) is 21.3. The van der Waals surface area contributed by atoms with Crippen molar-refractivity contribution in [2.45, 2.75) is 71.3 Å². The third-order valence-electron chi connectivity index (χ3n) is 9.49. The Kier molecular flexibility index (Phi) is 4.37. The first-order chi connectivity index (χ1) is 14.2. The van der Waals surface area contributed by atoms with Crippen molar-refractivity contribution < 1.29 is 23.9 Å². The Hall–Kier alpha value is -1.91. The quantitative estimate of drug-likeness (QED) is 0.503. The Bertz CT molecular complexity index is 871. The minimum Gasteiger partial charge on any atom is -0.465 e. The van der Waals surface area contributed by atoms with Crippen LogP contribution in [0.15, 0.2) is 23.8 Å². The van der Waals surface area contributed by atoms with Crippen molar-refractivity contribution in [2.24, 2.45) is 34.5 Å². The Morgan fingerprint density at radius 3 is 2.70 bits per heavy atom. The molecule has 0 amide bonds. The summed E-state index contributed by atoms with van der Waals surface area (Å²) in [5.41, 5.74) is 0.581. The van der Waals surface area contributed by atoms with Gasteiger partial charge in [-0.25, -0.2) is 0 Å². The third kappa shape index (κ3) is 2.50. The molecule has 1 heterocycles. The number of ketones is 1. The van der Waals surface area contributed by atoms with Crippen molar-refractivity contribution in [3.05, 3.63) is 23.8 Å². The van der Waals surface area contributed by atoms with Crippen molar-refractivity contribution in [3.63, 3.8) is 0 Å². The van der Waals surface area contributed by atoms with Crippen LogP contribution in [-0.2, 0) is 23.9 Å². The molecule has 1 unspecified atom stereocenters. The summed E-state index contributed by atoms with van der Waals surface area (Å²) in [6, 6.07) is 0. The van der Waals surface area contributed by atoms with Gasteiger partial charge >= 0.3 is 11.9 Å². The fourth-order valence-corrected chi connectivity index (χ4v) is 7.73. The van der Waals surface area contributed by atoms with Crippen molar-refractivity contribution in [1.29, 1.82) is 0 Å². The molecule has 1 spiro atoms. The maximum absolute atomic E-state index is 12.6. The average Bonchev–Trinajstić information content (AvgIpc) is 3.20. The lowest BCUT2D eigenvalue weighted by Crippen LogP contribution is -2.53. The lowest BCUT2D eigenvalue weighted by atomic mass is 9.48. The number of carbonyl (C=O) groups excluding carboxylic acids is 3. The number of esters is 2. The van der Waals surface area contributed by atoms with Gasteiger partial charge in [0.1, 0.15) is 5.60 Å². The van der Waals surface area contributed by atoms with Gasteiger partial charge in [0.25, 0.3) is 0 Å². The molecule has 1 aliphatic heterocycles. The molecule has 0 radical (unpaired) electrons. The van der Waals surface area contributed by atoms with E-state index in [2.05, 4.69) is 26.0 Å². The van der Waals surface area contributed by atoms with E-state index in [9.17, 15) is 14.4 Å². The van der Waals surface area contributed by atoms with Gasteiger partial charge in [-0.3, -0.25) is 14.4 Å². The van der Waals surface area contributed by atoms with E-state index in [0.717, 1.165) is 32.1 Å². The smallest absolute Gasteiger partial charge is 0.321 e. The van der Waals surface area contributed by atoms with Gasteiger partial charge < -0.3 is 9.47 Å². The molecule has 2 saturated carbocycles. The lowest BCUT2D eigenvalue weighted by Gasteiger charge is -2.57. The second kappa shape index (κ2) is 6.54. The van der Waals surface area contributed by atoms with Crippen LogP contribution < -0.4 is 0 Å². The molecular formula is C25H32O5. The molecule has 0 aromatic rings. The summed E-state index contributed by atoms with van der Waals surface area (Å²) in [7, 11) is 0. The molecular weight excluding hydrogens is 380 g/mol. The molecule has 4 aliphatic carbocycles. The van der Waals surface area contributed by atoms with Crippen LogP contribution in [-0.4, -0.2) is 29.9 Å². The van der Waals surface area contributed by atoms with Crippen molar-refractivity contribution in [1.82, 2.24) is 0 Å². The summed E-state index contributed by atoms with van der Waals surface area (Å²) in [5.74, 6) is 0.000947. The van der Waals surface area contributed by atoms with Crippen LogP contribution in [0.25, 0.3) is 0 Å². The highest BCUT2D eigenvalue weighted by molar-refractivity contribution is 5.96. The number of hydrogen-bond donors (Lipinski definition) is 0. The monoisotopic (exact) mass is 412 g/mol. The number of carbonyl (C=O) groups is 3. The van der Waals surface area contributed by atoms with E-state index in [0.29, 0.717) is 30.6 Å². The Balaban J connectivity index is 1.46. The molecule has 5 nitrogen and oxygen atoms in total. The van der Waals surface area contributed by atoms with Crippen LogP contribution in [0.2, 0.25) is 0 Å². The SMILES string of the molecule is CCOC(=O)C1C[C@@]2(CC[C@H]3[C@@H]4C=CC5=CC(=O)CC[C@]5(C)[C@H]4CC[C@@]32C)OC1=O. The summed E-state index contributed by atoms with van der Waals surface area (Å²) in [5, 5.41) is 0. The Morgan fingerprint density at radius 2 is 1.93 bits per heavy atom. The number of allylic oxidation sites excluding steroid dienone is 4. The van der Waals surface area contributed by atoms with Crippen LogP contribution in [0.1, 0.15) is 65.7 Å². The van der Waals surface area contributed by atoms with E-state index in [-0.39, 0.29) is 23.2 Å². The van der Waals surface area contributed by atoms with Gasteiger partial charge in [-0.05, 0) is 73.8 Å². The third-order valence-corrected chi connectivity index (χ3v) is 9.49. The van der Waals surface area contributed by atoms with Crippen LogP contribution in [0, 0.1) is 34.5 Å². The first kappa shape index (κ1) is 20.0. The van der Waals surface area contributed by atoms with E-state index in [4.69, 9.17) is 9.47 Å². The van der Waals surface area contributed by atoms with Gasteiger partial charge in [-0.15, -0.1) is 0 Å². The largest absolute Gasteiger partial charge is 0.465 e. The molecule has 30 heavy (non-hydrogen) atoms. The van der Waals surface area contributed by atoms with Crippen molar-refractivity contribution >= 4 is 17.7 Å². The highest BCUT2D eigenvalue weighted by Crippen LogP contribution is 2.69. The molecule has 0 bridgehead atoms. The fourth-order valence-electron chi connectivity index (χ4n) is 7.73. The van der Waals surface area contributed by atoms with Gasteiger partial charge in [0, 0.05) is 18.3 Å². The highest BCUT2D eigenvalue weighted by atomic mass is 16.6. The molecule has 162 valence electrons. The van der Waals surface area contributed by atoms with Crippen LogP contribution >= 0.6 is 0 Å². The molecule has 0 aromatic heterocycles. The standard InChI is InChI=1S/C25H32O5/c1-4-29-21(27)18-14-25(30-22(18)28)12-9-20-17-6-5-15-13-16(26)7-10-23(15,2)19(17)8-11-24(20,25)3/h5-6,13,17-20H,4,7-12,14H2,1-3H3/t17-,18?,19+,20+,23+,24+,25-/m1/s1. The maximum atomic E-state index is 12.6. The predicted octanol–water partition coefficient (Wildman–Crippen LogP) is 4.16. The lowest BCUT2D eigenvalue weighted by molar-refractivity contribution is -0.167. The summed E-state index contributed by atoms with van der Waals surface area (Å²) in [6.45, 7) is 6.67. The van der Waals surface area contributed by atoms with Gasteiger partial charge in [0.2, 0.25) is 0 Å². The number of ether oxygens (including phenoxy) is 2. The molecule has 5 rings (SSSR count). The summed E-state index contributed by atoms with van der Waals surface area (Å²) in [4.78, 5) is 37.0. The van der Waals surface area contributed by atoms with Gasteiger partial charge in [0.15, 0.2) is 11.7 Å². The van der Waals surface area contributed by atoms with Crippen LogP contribution in [0.4, 0.5) is 0 Å². The first-order valence-corrected chi connectivity index (χ1v) is 11.6. The normalized spacial score (nSPS) is 46.7. The first-order valence-electron chi connectivity index (χ1n) is 11.6. The van der Waals surface area contributed by atoms with E-state index in [1.54, 1.807) is 6.92 Å². The molecule has 0 N–H and O–H groups in total. The van der Waals surface area contributed by atoms with Crippen LogP contribution in [0.5, 0.6) is 0 Å². The summed E-state index contributed by atoms with van der Waals surface area (Å²) >= 11 is 0. The average molecular weight is 413 g/mol. The van der Waals surface area contributed by atoms with Crippen LogP contribution in [0.3, 0.4) is 0 Å². The molecule has 5 heteroatoms. The summed E-state index contributed by atoms with van der Waals surface area (Å²) < 4.78 is 11.2. The molecule has 0 aromatic carbocycles. The van der Waals surface area contributed by atoms with Crippen molar-refractivity contribution in [2.75, 3.05) is 6.61 Å². The minimum absolute atomic E-state index is 0.0598. The van der Waals surface area contributed by atoms with Crippen molar-refractivity contribution in [3.8, 4) is 0 Å².